The lowest BCUT2D eigenvalue weighted by Crippen LogP contribution is -2.42. The van der Waals surface area contributed by atoms with Crippen LogP contribution in [0, 0.1) is 25.2 Å². The van der Waals surface area contributed by atoms with Gasteiger partial charge < -0.3 is 10.1 Å². The van der Waals surface area contributed by atoms with Crippen LogP contribution in [-0.2, 0) is 4.79 Å². The Kier molecular flexibility index (Phi) is 5.32. The van der Waals surface area contributed by atoms with Crippen molar-refractivity contribution in [3.8, 4) is 11.5 Å². The van der Waals surface area contributed by atoms with Crippen LogP contribution in [0.5, 0.6) is 11.5 Å². The van der Waals surface area contributed by atoms with Crippen molar-refractivity contribution in [2.24, 2.45) is 16.3 Å². The zero-order chi connectivity index (χ0) is 23.2. The first-order valence-corrected chi connectivity index (χ1v) is 11.6. The summed E-state index contributed by atoms with van der Waals surface area (Å²) in [5.74, 6) is 1.50. The van der Waals surface area contributed by atoms with Crippen molar-refractivity contribution in [1.82, 2.24) is 0 Å². The fraction of sp³-hybridized carbons (Fsp3) is 0.310. The number of para-hydroxylation sites is 1. The van der Waals surface area contributed by atoms with Crippen LogP contribution in [0.15, 0.2) is 71.7 Å². The number of Topliss-reactive ketones (excluding diaryl/α,β-unsaturated/α-hetero) is 1. The van der Waals surface area contributed by atoms with Crippen LogP contribution in [0.1, 0.15) is 49.4 Å². The van der Waals surface area contributed by atoms with E-state index in [1.54, 1.807) is 0 Å². The number of nitrogens with zero attached hydrogens (tertiary/aromatic N) is 1. The molecule has 0 radical (unpaired) electrons. The van der Waals surface area contributed by atoms with E-state index in [-0.39, 0.29) is 23.2 Å². The van der Waals surface area contributed by atoms with Gasteiger partial charge >= 0.3 is 0 Å². The van der Waals surface area contributed by atoms with Crippen molar-refractivity contribution in [2.45, 2.75) is 46.6 Å². The third kappa shape index (κ3) is 4.30. The number of carbonyl (C=O) groups excluding carboxylic acids is 1. The van der Waals surface area contributed by atoms with E-state index in [4.69, 9.17) is 9.73 Å². The number of carbonyl (C=O) groups is 1. The number of anilines is 1. The second kappa shape index (κ2) is 8.18. The van der Waals surface area contributed by atoms with E-state index in [9.17, 15) is 4.79 Å². The highest BCUT2D eigenvalue weighted by Crippen LogP contribution is 2.46. The second-order valence-electron chi connectivity index (χ2n) is 10.1. The van der Waals surface area contributed by atoms with Gasteiger partial charge in [0.15, 0.2) is 0 Å². The Morgan fingerprint density at radius 3 is 2.42 bits per heavy atom. The van der Waals surface area contributed by atoms with E-state index in [0.29, 0.717) is 6.42 Å². The molecule has 0 saturated heterocycles. The third-order valence-corrected chi connectivity index (χ3v) is 6.73. The number of ketones is 1. The van der Waals surface area contributed by atoms with E-state index < -0.39 is 0 Å². The summed E-state index contributed by atoms with van der Waals surface area (Å²) >= 11 is 0. The molecule has 33 heavy (non-hydrogen) atoms. The highest BCUT2D eigenvalue weighted by Gasteiger charge is 2.44. The lowest BCUT2D eigenvalue weighted by atomic mass is 9.68. The number of benzene rings is 3. The van der Waals surface area contributed by atoms with Gasteiger partial charge in [-0.3, -0.25) is 9.79 Å². The number of aliphatic imine (C=N–C) groups is 1. The summed E-state index contributed by atoms with van der Waals surface area (Å²) < 4.78 is 6.10. The van der Waals surface area contributed by atoms with Crippen molar-refractivity contribution in [1.29, 1.82) is 0 Å². The Bertz CT molecular complexity index is 1240. The maximum absolute atomic E-state index is 13.5. The largest absolute Gasteiger partial charge is 0.457 e. The topological polar surface area (TPSA) is 50.7 Å². The molecule has 2 aliphatic rings. The zero-order valence-corrected chi connectivity index (χ0v) is 19.7. The summed E-state index contributed by atoms with van der Waals surface area (Å²) in [6, 6.07) is 21.9. The quantitative estimate of drug-likeness (QED) is 0.465. The molecule has 168 valence electrons. The fourth-order valence-electron chi connectivity index (χ4n) is 5.00. The van der Waals surface area contributed by atoms with Gasteiger partial charge in [0, 0.05) is 12.1 Å². The van der Waals surface area contributed by atoms with Crippen LogP contribution in [-0.4, -0.2) is 11.5 Å². The van der Waals surface area contributed by atoms with Gasteiger partial charge in [-0.25, -0.2) is 0 Å². The molecule has 2 unspecified atom stereocenters. The molecule has 1 heterocycles. The highest BCUT2D eigenvalue weighted by molar-refractivity contribution is 6.10. The number of hydrogen-bond acceptors (Lipinski definition) is 4. The summed E-state index contributed by atoms with van der Waals surface area (Å²) in [7, 11) is 0. The number of ether oxygens (including phenoxy) is 1. The Hall–Kier alpha value is -3.40. The predicted octanol–water partition coefficient (Wildman–Crippen LogP) is 7.34. The molecule has 1 saturated carbocycles. The normalized spacial score (nSPS) is 21.2. The van der Waals surface area contributed by atoms with Crippen molar-refractivity contribution >= 4 is 22.9 Å². The Morgan fingerprint density at radius 1 is 0.909 bits per heavy atom. The first kappa shape index (κ1) is 21.4. The van der Waals surface area contributed by atoms with Crippen LogP contribution in [0.4, 0.5) is 11.4 Å². The molecule has 0 amide bonds. The average Bonchev–Trinajstić information content (AvgIpc) is 2.91. The second-order valence-corrected chi connectivity index (χ2v) is 10.1. The molecule has 1 N–H and O–H groups in total. The first-order valence-electron chi connectivity index (χ1n) is 11.6. The van der Waals surface area contributed by atoms with E-state index in [0.717, 1.165) is 40.6 Å². The lowest BCUT2D eigenvalue weighted by molar-refractivity contribution is -0.124. The van der Waals surface area contributed by atoms with Crippen LogP contribution in [0.3, 0.4) is 0 Å². The molecule has 2 atom stereocenters. The fourth-order valence-corrected chi connectivity index (χ4v) is 5.00. The molecule has 4 heteroatoms. The van der Waals surface area contributed by atoms with E-state index in [1.165, 1.54) is 11.1 Å². The van der Waals surface area contributed by atoms with Crippen molar-refractivity contribution in [2.75, 3.05) is 5.32 Å². The lowest BCUT2D eigenvalue weighted by Gasteiger charge is -2.37. The minimum atomic E-state index is -0.294. The number of aryl methyl sites for hydroxylation is 2. The zero-order valence-electron chi connectivity index (χ0n) is 19.7. The Morgan fingerprint density at radius 2 is 1.64 bits per heavy atom. The highest BCUT2D eigenvalue weighted by atomic mass is 16.5. The smallest absolute Gasteiger partial charge is 0.144 e. The minimum Gasteiger partial charge on any atom is -0.457 e. The first-order chi connectivity index (χ1) is 15.8. The number of hydrogen-bond donors (Lipinski definition) is 1. The van der Waals surface area contributed by atoms with Crippen LogP contribution in [0.2, 0.25) is 0 Å². The molecule has 4 nitrogen and oxygen atoms in total. The maximum Gasteiger partial charge on any atom is 0.144 e. The SMILES string of the molecule is Cc1cc2c(cc1C)NC(c1cccc(Oc3ccccc3)c1)C1C(=O)CC(C)(C)CC1=N2. The monoisotopic (exact) mass is 438 g/mol. The van der Waals surface area contributed by atoms with E-state index >= 15 is 0 Å². The molecule has 0 bridgehead atoms. The Balaban J connectivity index is 1.59. The molecular weight excluding hydrogens is 408 g/mol. The van der Waals surface area contributed by atoms with Gasteiger partial charge in [-0.05, 0) is 78.8 Å². The van der Waals surface area contributed by atoms with Crippen LogP contribution < -0.4 is 10.1 Å². The van der Waals surface area contributed by atoms with Gasteiger partial charge in [-0.15, -0.1) is 0 Å². The van der Waals surface area contributed by atoms with Crippen LogP contribution >= 0.6 is 0 Å². The van der Waals surface area contributed by atoms with E-state index in [1.807, 2.05) is 48.5 Å². The number of rotatable bonds is 3. The van der Waals surface area contributed by atoms with Gasteiger partial charge in [0.2, 0.25) is 0 Å². The van der Waals surface area contributed by atoms with Crippen molar-refractivity contribution in [3.63, 3.8) is 0 Å². The molecule has 0 aromatic heterocycles. The van der Waals surface area contributed by atoms with E-state index in [2.05, 4.69) is 51.2 Å². The van der Waals surface area contributed by atoms with Crippen LogP contribution in [0.25, 0.3) is 0 Å². The van der Waals surface area contributed by atoms with Crippen molar-refractivity contribution < 1.29 is 9.53 Å². The third-order valence-electron chi connectivity index (χ3n) is 6.73. The average molecular weight is 439 g/mol. The maximum atomic E-state index is 13.5. The van der Waals surface area contributed by atoms with Gasteiger partial charge in [-0.1, -0.05) is 44.2 Å². The molecule has 3 aromatic carbocycles. The predicted molar refractivity (Wildman–Crippen MR) is 134 cm³/mol. The Labute approximate surface area is 195 Å². The molecule has 1 aliphatic heterocycles. The molecule has 1 fully saturated rings. The molecule has 0 spiro atoms. The summed E-state index contributed by atoms with van der Waals surface area (Å²) in [6.07, 6.45) is 1.37. The van der Waals surface area contributed by atoms with Gasteiger partial charge in [-0.2, -0.15) is 0 Å². The molecule has 5 rings (SSSR count). The number of fused-ring (bicyclic) bond motifs is 2. The summed E-state index contributed by atoms with van der Waals surface area (Å²) in [5.41, 5.74) is 6.23. The van der Waals surface area contributed by atoms with Crippen molar-refractivity contribution in [3.05, 3.63) is 83.4 Å². The minimum absolute atomic E-state index is 0.0838. The van der Waals surface area contributed by atoms with Gasteiger partial charge in [0.25, 0.3) is 0 Å². The number of nitrogens with one attached hydrogen (secondary N) is 1. The molecule has 3 aromatic rings. The summed E-state index contributed by atoms with van der Waals surface area (Å²) in [4.78, 5) is 18.6. The molecular formula is C29H30N2O2. The van der Waals surface area contributed by atoms with Gasteiger partial charge in [0.05, 0.1) is 23.3 Å². The summed E-state index contributed by atoms with van der Waals surface area (Å²) in [6.45, 7) is 8.54. The molecule has 1 aliphatic carbocycles. The standard InChI is InChI=1S/C29H30N2O2/c1-18-13-23-24(14-19(18)2)31-28(27-25(30-23)16-29(3,4)17-26(27)32)20-9-8-12-22(15-20)33-21-10-6-5-7-11-21/h5-15,27-28,31H,16-17H2,1-4H3. The summed E-state index contributed by atoms with van der Waals surface area (Å²) in [5, 5.41) is 3.70. The van der Waals surface area contributed by atoms with Gasteiger partial charge in [0.1, 0.15) is 17.3 Å².